The standard InChI is InChI=1S/C43H38N8O7/c44-38(53)36-37(24-9-12-29(13-10-24)58-28-5-2-1-3-6-28)48-50-22-19-26-23-27(11-14-31(26)46-39(36)50)45-40(54)25-17-20-49(21-18-25)32-8-4-7-30-35(32)43(57)51(42(30)56)33-15-16-34(52)47-41(33)55/h1-14,23,25,33,46H,15-22H2,(H2,44,53)(H,45,54)(H,47,52,55). The predicted octanol–water partition coefficient (Wildman–Crippen LogP) is 5.00. The molecule has 2 fully saturated rings. The maximum Gasteiger partial charge on any atom is 0.264 e. The number of benzene rings is 4. The molecule has 15 heteroatoms. The predicted molar refractivity (Wildman–Crippen MR) is 213 cm³/mol. The lowest BCUT2D eigenvalue weighted by Crippen LogP contribution is -2.54. The van der Waals surface area contributed by atoms with Crippen LogP contribution < -0.4 is 31.3 Å². The molecule has 6 amide bonds. The summed E-state index contributed by atoms with van der Waals surface area (Å²) >= 11 is 0. The summed E-state index contributed by atoms with van der Waals surface area (Å²) in [5.74, 6) is -1.37. The third-order valence-corrected chi connectivity index (χ3v) is 11.2. The number of aryl methyl sites for hydroxylation is 2. The Morgan fingerprint density at radius 1 is 0.793 bits per heavy atom. The van der Waals surface area contributed by atoms with Crippen LogP contribution in [-0.4, -0.2) is 69.3 Å². The number of hydrogen-bond donors (Lipinski definition) is 4. The lowest BCUT2D eigenvalue weighted by atomic mass is 9.94. The highest BCUT2D eigenvalue weighted by atomic mass is 16.5. The van der Waals surface area contributed by atoms with Crippen LogP contribution in [0.25, 0.3) is 11.3 Å². The second-order valence-electron chi connectivity index (χ2n) is 14.7. The van der Waals surface area contributed by atoms with Gasteiger partial charge in [0.1, 0.15) is 34.6 Å². The Labute approximate surface area is 332 Å². The van der Waals surface area contributed by atoms with E-state index in [1.165, 1.54) is 0 Å². The van der Waals surface area contributed by atoms with Gasteiger partial charge in [-0.2, -0.15) is 5.10 Å². The SMILES string of the molecule is NC(=O)c1c(-c2ccc(Oc3ccccc3)cc2)nn2c1Nc1ccc(NC(=O)C3CCN(c4cccc5c4C(=O)N(C4CCC(=O)NC4=O)C5=O)CC3)cc1CC2. The summed E-state index contributed by atoms with van der Waals surface area (Å²) in [6.45, 7) is 1.41. The molecule has 5 N–H and O–H groups in total. The highest BCUT2D eigenvalue weighted by Crippen LogP contribution is 2.38. The second kappa shape index (κ2) is 14.7. The van der Waals surface area contributed by atoms with Crippen molar-refractivity contribution in [3.8, 4) is 22.8 Å². The molecule has 0 spiro atoms. The van der Waals surface area contributed by atoms with Gasteiger partial charge in [-0.05, 0) is 98.0 Å². The number of imide groups is 2. The van der Waals surface area contributed by atoms with E-state index in [-0.39, 0.29) is 41.4 Å². The molecular formula is C43H38N8O7. The average molecular weight is 779 g/mol. The molecule has 292 valence electrons. The molecule has 4 aliphatic rings. The van der Waals surface area contributed by atoms with E-state index in [2.05, 4.69) is 16.0 Å². The minimum atomic E-state index is -1.05. The van der Waals surface area contributed by atoms with Crippen molar-refractivity contribution in [2.45, 2.75) is 44.7 Å². The van der Waals surface area contributed by atoms with Gasteiger partial charge in [-0.25, -0.2) is 4.68 Å². The van der Waals surface area contributed by atoms with Gasteiger partial charge in [0.2, 0.25) is 17.7 Å². The molecule has 0 radical (unpaired) electrons. The molecule has 5 heterocycles. The third-order valence-electron chi connectivity index (χ3n) is 11.2. The van der Waals surface area contributed by atoms with Crippen LogP contribution in [0.5, 0.6) is 11.5 Å². The summed E-state index contributed by atoms with van der Waals surface area (Å²) in [4.78, 5) is 80.6. The van der Waals surface area contributed by atoms with Crippen LogP contribution in [0, 0.1) is 5.92 Å². The molecule has 4 aliphatic heterocycles. The maximum absolute atomic E-state index is 13.6. The van der Waals surface area contributed by atoms with Crippen molar-refractivity contribution in [2.24, 2.45) is 11.7 Å². The zero-order valence-corrected chi connectivity index (χ0v) is 31.2. The minimum Gasteiger partial charge on any atom is -0.457 e. The smallest absolute Gasteiger partial charge is 0.264 e. The fourth-order valence-corrected chi connectivity index (χ4v) is 8.23. The van der Waals surface area contributed by atoms with Crippen molar-refractivity contribution >= 4 is 58.3 Å². The second-order valence-corrected chi connectivity index (χ2v) is 14.7. The van der Waals surface area contributed by atoms with Gasteiger partial charge in [-0.15, -0.1) is 0 Å². The van der Waals surface area contributed by atoms with Crippen LogP contribution >= 0.6 is 0 Å². The highest BCUT2D eigenvalue weighted by Gasteiger charge is 2.46. The van der Waals surface area contributed by atoms with E-state index in [1.807, 2.05) is 77.7 Å². The summed E-state index contributed by atoms with van der Waals surface area (Å²) in [6.07, 6.45) is 1.73. The minimum absolute atomic E-state index is 0.0442. The van der Waals surface area contributed by atoms with Crippen molar-refractivity contribution in [3.63, 3.8) is 0 Å². The third kappa shape index (κ3) is 6.59. The monoisotopic (exact) mass is 778 g/mol. The van der Waals surface area contributed by atoms with E-state index in [4.69, 9.17) is 15.6 Å². The average Bonchev–Trinajstić information content (AvgIpc) is 3.64. The first-order valence-corrected chi connectivity index (χ1v) is 19.2. The normalized spacial score (nSPS) is 17.8. The van der Waals surface area contributed by atoms with Crippen LogP contribution in [0.4, 0.5) is 22.9 Å². The summed E-state index contributed by atoms with van der Waals surface area (Å²) in [5.41, 5.74) is 10.8. The van der Waals surface area contributed by atoms with Crippen molar-refractivity contribution < 1.29 is 33.5 Å². The molecule has 15 nitrogen and oxygen atoms in total. The summed E-state index contributed by atoms with van der Waals surface area (Å²) in [6, 6.07) is 26.4. The Bertz CT molecular complexity index is 2530. The molecular weight excluding hydrogens is 741 g/mol. The van der Waals surface area contributed by atoms with Gasteiger partial charge >= 0.3 is 0 Å². The molecule has 9 rings (SSSR count). The van der Waals surface area contributed by atoms with Crippen LogP contribution in [0.1, 0.15) is 62.3 Å². The van der Waals surface area contributed by atoms with E-state index in [1.54, 1.807) is 22.9 Å². The number of aromatic nitrogens is 2. The van der Waals surface area contributed by atoms with Crippen molar-refractivity contribution in [3.05, 3.63) is 113 Å². The number of primary amides is 1. The molecule has 0 saturated carbocycles. The van der Waals surface area contributed by atoms with Crippen molar-refractivity contribution in [1.29, 1.82) is 0 Å². The number of rotatable bonds is 8. The molecule has 5 aromatic rings. The number of fused-ring (bicyclic) bond motifs is 3. The summed E-state index contributed by atoms with van der Waals surface area (Å²) in [5, 5.41) is 13.5. The fraction of sp³-hybridized carbons (Fsp3) is 0.233. The van der Waals surface area contributed by atoms with Crippen LogP contribution in [0.3, 0.4) is 0 Å². The van der Waals surface area contributed by atoms with E-state index >= 15 is 0 Å². The maximum atomic E-state index is 13.6. The van der Waals surface area contributed by atoms with Gasteiger partial charge < -0.3 is 26.0 Å². The first-order valence-electron chi connectivity index (χ1n) is 19.2. The number of anilines is 4. The summed E-state index contributed by atoms with van der Waals surface area (Å²) < 4.78 is 7.66. The fourth-order valence-electron chi connectivity index (χ4n) is 8.23. The number of ether oxygens (including phenoxy) is 1. The van der Waals surface area contributed by atoms with E-state index in [0.29, 0.717) is 78.8 Å². The Morgan fingerprint density at radius 3 is 2.29 bits per heavy atom. The lowest BCUT2D eigenvalue weighted by molar-refractivity contribution is -0.136. The molecule has 4 aromatic carbocycles. The topological polar surface area (TPSA) is 198 Å². The van der Waals surface area contributed by atoms with E-state index < -0.39 is 35.6 Å². The number of hydrogen-bond acceptors (Lipinski definition) is 10. The Kier molecular flexibility index (Phi) is 9.19. The Balaban J connectivity index is 0.851. The van der Waals surface area contributed by atoms with Crippen molar-refractivity contribution in [2.75, 3.05) is 28.6 Å². The van der Waals surface area contributed by atoms with Crippen molar-refractivity contribution in [1.82, 2.24) is 20.0 Å². The Morgan fingerprint density at radius 2 is 1.55 bits per heavy atom. The first kappa shape index (κ1) is 36.4. The number of nitrogens with one attached hydrogen (secondary N) is 3. The number of carbonyl (C=O) groups is 6. The van der Waals surface area contributed by atoms with Gasteiger partial charge in [0.05, 0.1) is 16.8 Å². The van der Waals surface area contributed by atoms with Crippen LogP contribution in [0.2, 0.25) is 0 Å². The van der Waals surface area contributed by atoms with Gasteiger partial charge in [0.25, 0.3) is 17.7 Å². The molecule has 1 unspecified atom stereocenters. The van der Waals surface area contributed by atoms with Crippen LogP contribution in [0.15, 0.2) is 91.0 Å². The number of nitrogens with two attached hydrogens (primary N) is 1. The van der Waals surface area contributed by atoms with Gasteiger partial charge in [-0.1, -0.05) is 24.3 Å². The summed E-state index contributed by atoms with van der Waals surface area (Å²) in [7, 11) is 0. The molecule has 58 heavy (non-hydrogen) atoms. The first-order chi connectivity index (χ1) is 28.1. The molecule has 0 aliphatic carbocycles. The number of carbonyl (C=O) groups excluding carboxylic acids is 6. The lowest BCUT2D eigenvalue weighted by Gasteiger charge is -2.34. The van der Waals surface area contributed by atoms with Crippen LogP contribution in [-0.2, 0) is 27.3 Å². The van der Waals surface area contributed by atoms with Gasteiger partial charge in [-0.3, -0.25) is 39.0 Å². The number of nitrogens with zero attached hydrogens (tertiary/aromatic N) is 4. The zero-order chi connectivity index (χ0) is 40.1. The number of piperidine rings is 2. The quantitative estimate of drug-likeness (QED) is 0.156. The number of para-hydroxylation sites is 1. The van der Waals surface area contributed by atoms with Gasteiger partial charge in [0.15, 0.2) is 0 Å². The molecule has 1 aromatic heterocycles. The van der Waals surface area contributed by atoms with E-state index in [0.717, 1.165) is 16.2 Å². The highest BCUT2D eigenvalue weighted by molar-refractivity contribution is 6.25. The largest absolute Gasteiger partial charge is 0.457 e. The molecule has 0 bridgehead atoms. The van der Waals surface area contributed by atoms with Gasteiger partial charge in [0, 0.05) is 48.9 Å². The zero-order valence-electron chi connectivity index (χ0n) is 31.2. The molecule has 2 saturated heterocycles. The number of amides is 6. The van der Waals surface area contributed by atoms with E-state index in [9.17, 15) is 28.8 Å². The Hall–Kier alpha value is -7.29. The molecule has 1 atom stereocenters.